The molecule has 13 heteroatoms. The lowest BCUT2D eigenvalue weighted by Crippen LogP contribution is -2.40. The summed E-state index contributed by atoms with van der Waals surface area (Å²) in [4.78, 5) is 23.3. The Balaban J connectivity index is 2.20. The zero-order valence-corrected chi connectivity index (χ0v) is 23.8. The number of hydrogen-bond donors (Lipinski definition) is 2. The van der Waals surface area contributed by atoms with E-state index in [1.54, 1.807) is 52.0 Å². The zero-order valence-electron chi connectivity index (χ0n) is 22.9. The van der Waals surface area contributed by atoms with Crippen molar-refractivity contribution >= 4 is 21.6 Å². The number of hydrogen-bond acceptors (Lipinski definition) is 8. The van der Waals surface area contributed by atoms with E-state index in [4.69, 9.17) is 9.47 Å². The van der Waals surface area contributed by atoms with Gasteiger partial charge in [0, 0.05) is 29.8 Å². The fourth-order valence-electron chi connectivity index (χ4n) is 3.56. The van der Waals surface area contributed by atoms with Crippen LogP contribution < -0.4 is 19.5 Å². The summed E-state index contributed by atoms with van der Waals surface area (Å²) in [7, 11) is -2.73. The van der Waals surface area contributed by atoms with E-state index in [0.29, 0.717) is 23.5 Å². The van der Waals surface area contributed by atoms with Gasteiger partial charge in [0.2, 0.25) is 15.9 Å². The van der Waals surface area contributed by atoms with Crippen molar-refractivity contribution in [2.75, 3.05) is 13.7 Å². The first-order chi connectivity index (χ1) is 18.1. The number of amides is 1. The molecule has 0 fully saturated rings. The standard InChI is InChI=1S/C26H33N5O7S/c1-16(2)15-27-24(32)23-17(3)25(30(28-23)18-8-11-20(37-7)12-9-18)38-21-13-10-19(31(33)34)14-22(21)39(35,36)29-26(4,5)6/h8-14,16,29H,15H2,1-7H3,(H,27,32). The van der Waals surface area contributed by atoms with Crippen molar-refractivity contribution in [2.24, 2.45) is 5.92 Å². The van der Waals surface area contributed by atoms with Crippen molar-refractivity contribution in [2.45, 2.75) is 52.0 Å². The minimum atomic E-state index is -4.26. The molecule has 0 bridgehead atoms. The monoisotopic (exact) mass is 559 g/mol. The van der Waals surface area contributed by atoms with Crippen LogP contribution in [0.25, 0.3) is 5.69 Å². The predicted molar refractivity (Wildman–Crippen MR) is 145 cm³/mol. The van der Waals surface area contributed by atoms with Gasteiger partial charge in [-0.3, -0.25) is 14.9 Å². The Morgan fingerprint density at radius 2 is 1.79 bits per heavy atom. The van der Waals surface area contributed by atoms with Gasteiger partial charge in [-0.25, -0.2) is 13.1 Å². The van der Waals surface area contributed by atoms with Crippen LogP contribution >= 0.6 is 0 Å². The van der Waals surface area contributed by atoms with Crippen LogP contribution in [0.1, 0.15) is 50.7 Å². The largest absolute Gasteiger partial charge is 0.497 e. The first kappa shape index (κ1) is 29.6. The van der Waals surface area contributed by atoms with Crippen molar-refractivity contribution in [1.82, 2.24) is 19.8 Å². The molecular formula is C26H33N5O7S. The topological polar surface area (TPSA) is 155 Å². The number of rotatable bonds is 10. The molecule has 3 rings (SSSR count). The quantitative estimate of drug-likeness (QED) is 0.274. The Labute approximate surface area is 227 Å². The summed E-state index contributed by atoms with van der Waals surface area (Å²) in [6.45, 7) is 10.9. The fraction of sp³-hybridized carbons (Fsp3) is 0.385. The molecule has 0 aliphatic carbocycles. The van der Waals surface area contributed by atoms with Crippen LogP contribution in [-0.4, -0.2) is 48.2 Å². The molecule has 0 saturated heterocycles. The molecule has 210 valence electrons. The molecule has 0 spiro atoms. The first-order valence-electron chi connectivity index (χ1n) is 12.2. The molecular weight excluding hydrogens is 526 g/mol. The Morgan fingerprint density at radius 1 is 1.15 bits per heavy atom. The lowest BCUT2D eigenvalue weighted by Gasteiger charge is -2.21. The third-order valence-corrected chi connectivity index (χ3v) is 7.13. The molecule has 0 atom stereocenters. The molecule has 3 aromatic rings. The molecule has 0 aliphatic rings. The molecule has 1 aromatic heterocycles. The number of ether oxygens (including phenoxy) is 2. The number of carbonyl (C=O) groups excluding carboxylic acids is 1. The molecule has 1 amide bonds. The lowest BCUT2D eigenvalue weighted by molar-refractivity contribution is -0.385. The zero-order chi connectivity index (χ0) is 29.1. The third-order valence-electron chi connectivity index (χ3n) is 5.35. The summed E-state index contributed by atoms with van der Waals surface area (Å²) in [5, 5.41) is 18.7. The maximum Gasteiger partial charge on any atom is 0.272 e. The van der Waals surface area contributed by atoms with Gasteiger partial charge in [0.25, 0.3) is 11.6 Å². The van der Waals surface area contributed by atoms with E-state index < -0.39 is 37.0 Å². The molecule has 2 N–H and O–H groups in total. The molecule has 0 unspecified atom stereocenters. The third kappa shape index (κ3) is 7.12. The Morgan fingerprint density at radius 3 is 2.33 bits per heavy atom. The fourth-order valence-corrected chi connectivity index (χ4v) is 5.13. The van der Waals surface area contributed by atoms with Crippen molar-refractivity contribution in [3.05, 3.63) is 63.8 Å². The normalized spacial score (nSPS) is 11.9. The SMILES string of the molecule is COc1ccc(-n2nc(C(=O)NCC(C)C)c(C)c2Oc2ccc([N+](=O)[O-])cc2S(=O)(=O)NC(C)(C)C)cc1. The number of nitrogens with one attached hydrogen (secondary N) is 2. The number of aromatic nitrogens is 2. The molecule has 12 nitrogen and oxygen atoms in total. The maximum atomic E-state index is 13.3. The van der Waals surface area contributed by atoms with Crippen LogP contribution in [0.4, 0.5) is 5.69 Å². The minimum absolute atomic E-state index is 0.0657. The molecule has 2 aromatic carbocycles. The van der Waals surface area contributed by atoms with Gasteiger partial charge >= 0.3 is 0 Å². The van der Waals surface area contributed by atoms with Crippen LogP contribution in [0.5, 0.6) is 17.4 Å². The first-order valence-corrected chi connectivity index (χ1v) is 13.6. The number of carbonyl (C=O) groups is 1. The van der Waals surface area contributed by atoms with Gasteiger partial charge < -0.3 is 14.8 Å². The van der Waals surface area contributed by atoms with Gasteiger partial charge in [-0.05, 0) is 63.9 Å². The highest BCUT2D eigenvalue weighted by molar-refractivity contribution is 7.89. The average molecular weight is 560 g/mol. The van der Waals surface area contributed by atoms with Crippen LogP contribution in [0.15, 0.2) is 47.4 Å². The summed E-state index contributed by atoms with van der Waals surface area (Å²) >= 11 is 0. The number of nitro groups is 1. The molecule has 0 aliphatic heterocycles. The molecule has 0 saturated carbocycles. The van der Waals surface area contributed by atoms with Gasteiger partial charge in [-0.15, -0.1) is 0 Å². The average Bonchev–Trinajstić information content (AvgIpc) is 3.17. The highest BCUT2D eigenvalue weighted by atomic mass is 32.2. The van der Waals surface area contributed by atoms with Gasteiger partial charge in [0.15, 0.2) is 5.69 Å². The highest BCUT2D eigenvalue weighted by Gasteiger charge is 2.30. The number of sulfonamides is 1. The number of methoxy groups -OCH3 is 1. The van der Waals surface area contributed by atoms with Crippen molar-refractivity contribution in [3.63, 3.8) is 0 Å². The van der Waals surface area contributed by atoms with Crippen LogP contribution in [0.3, 0.4) is 0 Å². The number of benzene rings is 2. The Bertz CT molecular complexity index is 1470. The van der Waals surface area contributed by atoms with Gasteiger partial charge in [0.1, 0.15) is 16.4 Å². The number of nitro benzene ring substituents is 1. The van der Waals surface area contributed by atoms with E-state index in [1.165, 1.54) is 17.9 Å². The predicted octanol–water partition coefficient (Wildman–Crippen LogP) is 4.35. The van der Waals surface area contributed by atoms with Gasteiger partial charge in [-0.1, -0.05) is 13.8 Å². The smallest absolute Gasteiger partial charge is 0.272 e. The van der Waals surface area contributed by atoms with Gasteiger partial charge in [-0.2, -0.15) is 9.78 Å². The van der Waals surface area contributed by atoms with Crippen molar-refractivity contribution < 1.29 is 27.6 Å². The Kier molecular flexibility index (Phi) is 8.66. The number of non-ortho nitro benzene ring substituents is 1. The second kappa shape index (κ2) is 11.4. The van der Waals surface area contributed by atoms with E-state index in [2.05, 4.69) is 15.1 Å². The minimum Gasteiger partial charge on any atom is -0.497 e. The van der Waals surface area contributed by atoms with Crippen LogP contribution in [0, 0.1) is 23.0 Å². The van der Waals surface area contributed by atoms with E-state index in [1.807, 2.05) is 13.8 Å². The summed E-state index contributed by atoms with van der Waals surface area (Å²) in [5.74, 6) is 0.262. The summed E-state index contributed by atoms with van der Waals surface area (Å²) in [6.07, 6.45) is 0. The second-order valence-corrected chi connectivity index (χ2v) is 12.0. The van der Waals surface area contributed by atoms with Crippen LogP contribution in [0.2, 0.25) is 0 Å². The van der Waals surface area contributed by atoms with Crippen molar-refractivity contribution in [1.29, 1.82) is 0 Å². The van der Waals surface area contributed by atoms with Crippen LogP contribution in [-0.2, 0) is 10.0 Å². The Hall–Kier alpha value is -3.97. The summed E-state index contributed by atoms with van der Waals surface area (Å²) < 4.78 is 41.8. The lowest BCUT2D eigenvalue weighted by atomic mass is 10.1. The number of nitrogens with zero attached hydrogens (tertiary/aromatic N) is 3. The summed E-state index contributed by atoms with van der Waals surface area (Å²) in [5.41, 5.74) is -0.358. The van der Waals surface area contributed by atoms with E-state index in [-0.39, 0.29) is 23.2 Å². The van der Waals surface area contributed by atoms with Crippen molar-refractivity contribution in [3.8, 4) is 23.1 Å². The second-order valence-electron chi connectivity index (χ2n) is 10.3. The highest BCUT2D eigenvalue weighted by Crippen LogP contribution is 2.36. The van der Waals surface area contributed by atoms with E-state index in [9.17, 15) is 23.3 Å². The van der Waals surface area contributed by atoms with Gasteiger partial charge in [0.05, 0.1) is 17.7 Å². The molecule has 0 radical (unpaired) electrons. The molecule has 39 heavy (non-hydrogen) atoms. The maximum absolute atomic E-state index is 13.3. The summed E-state index contributed by atoms with van der Waals surface area (Å²) in [6, 6.07) is 10.1. The van der Waals surface area contributed by atoms with E-state index in [0.717, 1.165) is 12.1 Å². The van der Waals surface area contributed by atoms with E-state index >= 15 is 0 Å². The molecule has 1 heterocycles.